The molecule has 96 valence electrons. The minimum atomic E-state index is 0.185. The van der Waals surface area contributed by atoms with E-state index in [9.17, 15) is 0 Å². The van der Waals surface area contributed by atoms with Crippen LogP contribution in [0.15, 0.2) is 22.7 Å². The van der Waals surface area contributed by atoms with Crippen LogP contribution in [0.5, 0.6) is 5.75 Å². The van der Waals surface area contributed by atoms with Gasteiger partial charge in [-0.2, -0.15) is 0 Å². The normalized spacial score (nSPS) is 14.4. The van der Waals surface area contributed by atoms with Crippen LogP contribution in [0, 0.1) is 5.41 Å². The smallest absolute Gasteiger partial charge is 0.133 e. The molecule has 0 radical (unpaired) electrons. The second-order valence-electron chi connectivity index (χ2n) is 4.84. The van der Waals surface area contributed by atoms with Crippen molar-refractivity contribution in [3.63, 3.8) is 0 Å². The molecule has 0 heterocycles. The number of hydrogen-bond acceptors (Lipinski definition) is 1. The van der Waals surface area contributed by atoms with Crippen LogP contribution in [-0.2, 0) is 6.42 Å². The van der Waals surface area contributed by atoms with E-state index in [1.165, 1.54) is 12.0 Å². The maximum absolute atomic E-state index is 6.10. The maximum Gasteiger partial charge on any atom is 0.133 e. The highest BCUT2D eigenvalue weighted by Gasteiger charge is 2.22. The molecule has 0 aromatic heterocycles. The predicted octanol–water partition coefficient (Wildman–Crippen LogP) is 5.05. The third kappa shape index (κ3) is 4.18. The van der Waals surface area contributed by atoms with E-state index in [0.717, 1.165) is 23.1 Å². The molecule has 1 rings (SSSR count). The van der Waals surface area contributed by atoms with Crippen molar-refractivity contribution < 1.29 is 4.74 Å². The first kappa shape index (κ1) is 14.8. The molecule has 0 aliphatic heterocycles. The van der Waals surface area contributed by atoms with Crippen molar-refractivity contribution in [1.82, 2.24) is 0 Å². The van der Waals surface area contributed by atoms with Gasteiger partial charge in [0.2, 0.25) is 0 Å². The van der Waals surface area contributed by atoms with Crippen LogP contribution in [-0.4, -0.2) is 13.0 Å². The Morgan fingerprint density at radius 1 is 1.41 bits per heavy atom. The summed E-state index contributed by atoms with van der Waals surface area (Å²) in [4.78, 5) is 0. The first-order valence-electron chi connectivity index (χ1n) is 5.93. The summed E-state index contributed by atoms with van der Waals surface area (Å²) in [5, 5.41) is 0. The monoisotopic (exact) mass is 318 g/mol. The molecular formula is C14H20BrClO. The summed E-state index contributed by atoms with van der Waals surface area (Å²) in [5.74, 6) is 1.57. The topological polar surface area (TPSA) is 9.23 Å². The van der Waals surface area contributed by atoms with Gasteiger partial charge in [-0.3, -0.25) is 0 Å². The van der Waals surface area contributed by atoms with Gasteiger partial charge in [0.15, 0.2) is 0 Å². The van der Waals surface area contributed by atoms with Gasteiger partial charge in [0.1, 0.15) is 5.75 Å². The zero-order valence-corrected chi connectivity index (χ0v) is 13.1. The van der Waals surface area contributed by atoms with Gasteiger partial charge < -0.3 is 4.74 Å². The van der Waals surface area contributed by atoms with Crippen LogP contribution in [0.25, 0.3) is 0 Å². The van der Waals surface area contributed by atoms with Gasteiger partial charge in [-0.1, -0.05) is 26.3 Å². The summed E-state index contributed by atoms with van der Waals surface area (Å²) >= 11 is 9.62. The van der Waals surface area contributed by atoms with Crippen molar-refractivity contribution in [2.75, 3.05) is 13.0 Å². The van der Waals surface area contributed by atoms with Crippen molar-refractivity contribution in [2.24, 2.45) is 5.41 Å². The standard InChI is InChI=1S/C14H20BrClO/c1-4-7-14(2,10-16)9-11-5-6-13(17-3)12(15)8-11/h5-6,8H,4,7,9-10H2,1-3H3. The lowest BCUT2D eigenvalue weighted by molar-refractivity contribution is 0.334. The van der Waals surface area contributed by atoms with E-state index in [1.807, 2.05) is 6.07 Å². The van der Waals surface area contributed by atoms with Crippen molar-refractivity contribution >= 4 is 27.5 Å². The molecule has 0 N–H and O–H groups in total. The highest BCUT2D eigenvalue weighted by Crippen LogP contribution is 2.32. The molecule has 0 spiro atoms. The third-order valence-electron chi connectivity index (χ3n) is 3.02. The second-order valence-corrected chi connectivity index (χ2v) is 5.96. The fourth-order valence-corrected chi connectivity index (χ4v) is 2.93. The first-order chi connectivity index (χ1) is 8.04. The lowest BCUT2D eigenvalue weighted by Crippen LogP contribution is -2.21. The van der Waals surface area contributed by atoms with E-state index < -0.39 is 0 Å². The summed E-state index contributed by atoms with van der Waals surface area (Å²) in [6.45, 7) is 4.45. The number of ether oxygens (including phenoxy) is 1. The molecule has 0 aliphatic rings. The number of halogens is 2. The minimum absolute atomic E-state index is 0.185. The number of rotatable bonds is 6. The van der Waals surface area contributed by atoms with Crippen molar-refractivity contribution in [3.8, 4) is 5.75 Å². The summed E-state index contributed by atoms with van der Waals surface area (Å²) in [7, 11) is 1.68. The van der Waals surface area contributed by atoms with Gasteiger partial charge in [-0.05, 0) is 51.9 Å². The van der Waals surface area contributed by atoms with E-state index >= 15 is 0 Å². The largest absolute Gasteiger partial charge is 0.496 e. The van der Waals surface area contributed by atoms with Gasteiger partial charge in [0, 0.05) is 5.88 Å². The van der Waals surface area contributed by atoms with E-state index in [1.54, 1.807) is 7.11 Å². The molecule has 1 aromatic rings. The average molecular weight is 320 g/mol. The van der Waals surface area contributed by atoms with E-state index in [2.05, 4.69) is 41.9 Å². The molecule has 0 amide bonds. The van der Waals surface area contributed by atoms with Crippen LogP contribution in [0.3, 0.4) is 0 Å². The maximum atomic E-state index is 6.10. The molecule has 17 heavy (non-hydrogen) atoms. The van der Waals surface area contributed by atoms with Crippen molar-refractivity contribution in [3.05, 3.63) is 28.2 Å². The first-order valence-corrected chi connectivity index (χ1v) is 7.26. The minimum Gasteiger partial charge on any atom is -0.496 e. The fourth-order valence-electron chi connectivity index (χ4n) is 2.12. The molecule has 1 aromatic carbocycles. The molecule has 1 nitrogen and oxygen atoms in total. The molecule has 1 atom stereocenters. The molecular weight excluding hydrogens is 300 g/mol. The Morgan fingerprint density at radius 2 is 2.12 bits per heavy atom. The zero-order valence-electron chi connectivity index (χ0n) is 10.7. The Morgan fingerprint density at radius 3 is 2.59 bits per heavy atom. The zero-order chi connectivity index (χ0) is 12.9. The Balaban J connectivity index is 2.83. The number of alkyl halides is 1. The molecule has 0 aliphatic carbocycles. The van der Waals surface area contributed by atoms with E-state index in [-0.39, 0.29) is 5.41 Å². The summed E-state index contributed by atoms with van der Waals surface area (Å²) < 4.78 is 6.24. The van der Waals surface area contributed by atoms with Crippen LogP contribution in [0.2, 0.25) is 0 Å². The number of hydrogen-bond donors (Lipinski definition) is 0. The Labute approximate surface area is 118 Å². The Bertz CT molecular complexity index is 367. The van der Waals surface area contributed by atoms with Gasteiger partial charge in [0.25, 0.3) is 0 Å². The molecule has 0 bridgehead atoms. The SMILES string of the molecule is CCCC(C)(CCl)Cc1ccc(OC)c(Br)c1. The average Bonchev–Trinajstić information content (AvgIpc) is 2.29. The second kappa shape index (κ2) is 6.65. The molecule has 0 fully saturated rings. The van der Waals surface area contributed by atoms with Crippen LogP contribution in [0.1, 0.15) is 32.3 Å². The van der Waals surface area contributed by atoms with Crippen molar-refractivity contribution in [2.45, 2.75) is 33.1 Å². The number of benzene rings is 1. The quantitative estimate of drug-likeness (QED) is 0.667. The van der Waals surface area contributed by atoms with E-state index in [4.69, 9.17) is 16.3 Å². The van der Waals surface area contributed by atoms with Crippen LogP contribution in [0.4, 0.5) is 0 Å². The van der Waals surface area contributed by atoms with Crippen LogP contribution < -0.4 is 4.74 Å². The van der Waals surface area contributed by atoms with Gasteiger partial charge in [0.05, 0.1) is 11.6 Å². The van der Waals surface area contributed by atoms with Crippen LogP contribution >= 0.6 is 27.5 Å². The molecule has 3 heteroatoms. The summed E-state index contributed by atoms with van der Waals surface area (Å²) in [6, 6.07) is 6.24. The van der Waals surface area contributed by atoms with Gasteiger partial charge in [-0.15, -0.1) is 11.6 Å². The lowest BCUT2D eigenvalue weighted by Gasteiger charge is -2.27. The van der Waals surface area contributed by atoms with Gasteiger partial charge in [-0.25, -0.2) is 0 Å². The predicted molar refractivity (Wildman–Crippen MR) is 78.1 cm³/mol. The van der Waals surface area contributed by atoms with Crippen molar-refractivity contribution in [1.29, 1.82) is 0 Å². The third-order valence-corrected chi connectivity index (χ3v) is 4.29. The summed E-state index contributed by atoms with van der Waals surface area (Å²) in [6.07, 6.45) is 3.33. The highest BCUT2D eigenvalue weighted by atomic mass is 79.9. The fraction of sp³-hybridized carbons (Fsp3) is 0.571. The Kier molecular flexibility index (Phi) is 5.81. The lowest BCUT2D eigenvalue weighted by atomic mass is 9.81. The molecule has 0 saturated carbocycles. The van der Waals surface area contributed by atoms with Gasteiger partial charge >= 0.3 is 0 Å². The Hall–Kier alpha value is -0.210. The highest BCUT2D eigenvalue weighted by molar-refractivity contribution is 9.10. The number of methoxy groups -OCH3 is 1. The molecule has 1 unspecified atom stereocenters. The summed E-state index contributed by atoms with van der Waals surface area (Å²) in [5.41, 5.74) is 1.49. The van der Waals surface area contributed by atoms with E-state index in [0.29, 0.717) is 5.88 Å². The molecule has 0 saturated heterocycles.